The van der Waals surface area contributed by atoms with Gasteiger partial charge in [0.15, 0.2) is 6.29 Å². The molecule has 0 aromatic carbocycles. The Morgan fingerprint density at radius 2 is 1.73 bits per heavy atom. The van der Waals surface area contributed by atoms with Crippen molar-refractivity contribution in [3.05, 3.63) is 0 Å². The zero-order chi connectivity index (χ0) is 8.91. The first kappa shape index (κ1) is 10.9. The van der Waals surface area contributed by atoms with Crippen LogP contribution in [-0.4, -0.2) is 32.2 Å². The Labute approximate surface area is 68.3 Å². The third kappa shape index (κ3) is 4.35. The van der Waals surface area contributed by atoms with Gasteiger partial charge in [0.25, 0.3) is 0 Å². The van der Waals surface area contributed by atoms with Crippen LogP contribution in [0.25, 0.3) is 0 Å². The van der Waals surface area contributed by atoms with Crippen LogP contribution in [0.15, 0.2) is 0 Å². The lowest BCUT2D eigenvalue weighted by Crippen LogP contribution is -2.26. The van der Waals surface area contributed by atoms with Gasteiger partial charge < -0.3 is 14.6 Å². The second-order valence-corrected chi connectivity index (χ2v) is 3.43. The Balaban J connectivity index is 3.79. The summed E-state index contributed by atoms with van der Waals surface area (Å²) < 4.78 is 10.0. The fourth-order valence-corrected chi connectivity index (χ4v) is 0.779. The third-order valence-electron chi connectivity index (χ3n) is 1.67. The summed E-state index contributed by atoms with van der Waals surface area (Å²) in [6.07, 6.45) is 0.494. The van der Waals surface area contributed by atoms with Crippen LogP contribution in [-0.2, 0) is 9.47 Å². The van der Waals surface area contributed by atoms with E-state index in [0.717, 1.165) is 0 Å². The fraction of sp³-hybridized carbons (Fsp3) is 1.00. The first-order valence-corrected chi connectivity index (χ1v) is 3.72. The summed E-state index contributed by atoms with van der Waals surface area (Å²) in [7, 11) is 3.20. The average Bonchev–Trinajstić information content (AvgIpc) is 2.00. The molecule has 11 heavy (non-hydrogen) atoms. The third-order valence-corrected chi connectivity index (χ3v) is 1.67. The maximum absolute atomic E-state index is 8.92. The maximum Gasteiger partial charge on any atom is 0.157 e. The molecule has 0 saturated carbocycles. The van der Waals surface area contributed by atoms with Gasteiger partial charge in [-0.05, 0) is 5.41 Å². The second-order valence-electron chi connectivity index (χ2n) is 3.43. The van der Waals surface area contributed by atoms with E-state index in [-0.39, 0.29) is 18.3 Å². The van der Waals surface area contributed by atoms with Gasteiger partial charge in [0.05, 0.1) is 0 Å². The highest BCUT2D eigenvalue weighted by atomic mass is 16.7. The summed E-state index contributed by atoms with van der Waals surface area (Å²) in [5.41, 5.74) is -0.128. The highest BCUT2D eigenvalue weighted by Crippen LogP contribution is 2.22. The first-order valence-electron chi connectivity index (χ1n) is 3.72. The highest BCUT2D eigenvalue weighted by Gasteiger charge is 2.21. The summed E-state index contributed by atoms with van der Waals surface area (Å²) in [5, 5.41) is 8.92. The van der Waals surface area contributed by atoms with Gasteiger partial charge in [-0.1, -0.05) is 13.8 Å². The number of aliphatic hydroxyl groups excluding tert-OH is 1. The SMILES string of the molecule is COC(CC(C)(C)CO)OC. The summed E-state index contributed by atoms with van der Waals surface area (Å²) in [4.78, 5) is 0. The Morgan fingerprint density at radius 3 is 2.00 bits per heavy atom. The molecule has 0 radical (unpaired) electrons. The molecule has 0 fully saturated rings. The maximum atomic E-state index is 8.92. The van der Waals surface area contributed by atoms with E-state index < -0.39 is 0 Å². The van der Waals surface area contributed by atoms with Gasteiger partial charge in [-0.3, -0.25) is 0 Å². The van der Waals surface area contributed by atoms with E-state index in [0.29, 0.717) is 6.42 Å². The molecule has 0 amide bonds. The number of aliphatic hydroxyl groups is 1. The van der Waals surface area contributed by atoms with Crippen molar-refractivity contribution < 1.29 is 14.6 Å². The molecular formula is C8H18O3. The molecule has 0 rings (SSSR count). The molecule has 0 saturated heterocycles. The van der Waals surface area contributed by atoms with Gasteiger partial charge in [-0.15, -0.1) is 0 Å². The number of ether oxygens (including phenoxy) is 2. The number of rotatable bonds is 5. The molecule has 3 heteroatoms. The lowest BCUT2D eigenvalue weighted by molar-refractivity contribution is -0.126. The van der Waals surface area contributed by atoms with E-state index in [1.165, 1.54) is 0 Å². The second kappa shape index (κ2) is 4.70. The van der Waals surface area contributed by atoms with Crippen LogP contribution in [0.3, 0.4) is 0 Å². The van der Waals surface area contributed by atoms with Gasteiger partial charge in [-0.25, -0.2) is 0 Å². The summed E-state index contributed by atoms with van der Waals surface area (Å²) in [6.45, 7) is 4.09. The molecule has 0 aromatic heterocycles. The molecule has 1 N–H and O–H groups in total. The summed E-state index contributed by atoms with van der Waals surface area (Å²) in [6, 6.07) is 0. The lowest BCUT2D eigenvalue weighted by Gasteiger charge is -2.25. The van der Waals surface area contributed by atoms with Crippen molar-refractivity contribution in [3.63, 3.8) is 0 Å². The molecule has 0 heterocycles. The van der Waals surface area contributed by atoms with E-state index in [9.17, 15) is 0 Å². The van der Waals surface area contributed by atoms with Crippen molar-refractivity contribution in [1.29, 1.82) is 0 Å². The molecule has 0 aliphatic heterocycles. The van der Waals surface area contributed by atoms with E-state index in [1.54, 1.807) is 14.2 Å². The minimum absolute atomic E-state index is 0.128. The summed E-state index contributed by atoms with van der Waals surface area (Å²) in [5.74, 6) is 0. The van der Waals surface area contributed by atoms with Crippen molar-refractivity contribution in [3.8, 4) is 0 Å². The van der Waals surface area contributed by atoms with Crippen molar-refractivity contribution >= 4 is 0 Å². The topological polar surface area (TPSA) is 38.7 Å². The van der Waals surface area contributed by atoms with E-state index in [4.69, 9.17) is 14.6 Å². The van der Waals surface area contributed by atoms with E-state index in [1.807, 2.05) is 13.8 Å². The highest BCUT2D eigenvalue weighted by molar-refractivity contribution is 4.68. The molecule has 0 atom stereocenters. The van der Waals surface area contributed by atoms with Crippen LogP contribution in [0.1, 0.15) is 20.3 Å². The van der Waals surface area contributed by atoms with Crippen LogP contribution in [0.4, 0.5) is 0 Å². The number of hydrogen-bond donors (Lipinski definition) is 1. The Morgan fingerprint density at radius 1 is 1.27 bits per heavy atom. The predicted octanol–water partition coefficient (Wildman–Crippen LogP) is 1.01. The standard InChI is InChI=1S/C8H18O3/c1-8(2,6-9)5-7(10-3)11-4/h7,9H,5-6H2,1-4H3. The number of methoxy groups -OCH3 is 2. The first-order chi connectivity index (χ1) is 5.05. The molecule has 0 aliphatic carbocycles. The van der Waals surface area contributed by atoms with Crippen molar-refractivity contribution in [1.82, 2.24) is 0 Å². The Kier molecular flexibility index (Phi) is 4.65. The average molecular weight is 162 g/mol. The van der Waals surface area contributed by atoms with Gasteiger partial charge in [0.1, 0.15) is 0 Å². The molecule has 68 valence electrons. The van der Waals surface area contributed by atoms with Crippen LogP contribution in [0, 0.1) is 5.41 Å². The normalized spacial score (nSPS) is 12.5. The quantitative estimate of drug-likeness (QED) is 0.613. The minimum Gasteiger partial charge on any atom is -0.396 e. The molecular weight excluding hydrogens is 144 g/mol. The van der Waals surface area contributed by atoms with Gasteiger partial charge in [0.2, 0.25) is 0 Å². The number of hydrogen-bond acceptors (Lipinski definition) is 3. The molecule has 0 unspecified atom stereocenters. The zero-order valence-corrected chi connectivity index (χ0v) is 7.76. The molecule has 0 bridgehead atoms. The zero-order valence-electron chi connectivity index (χ0n) is 7.76. The molecule has 0 aliphatic rings. The fourth-order valence-electron chi connectivity index (χ4n) is 0.779. The molecule has 0 aromatic rings. The van der Waals surface area contributed by atoms with Gasteiger partial charge >= 0.3 is 0 Å². The van der Waals surface area contributed by atoms with Crippen LogP contribution >= 0.6 is 0 Å². The van der Waals surface area contributed by atoms with Gasteiger partial charge in [0, 0.05) is 27.2 Å². The monoisotopic (exact) mass is 162 g/mol. The van der Waals surface area contributed by atoms with Crippen LogP contribution < -0.4 is 0 Å². The van der Waals surface area contributed by atoms with Crippen molar-refractivity contribution in [2.45, 2.75) is 26.6 Å². The van der Waals surface area contributed by atoms with Gasteiger partial charge in [-0.2, -0.15) is 0 Å². The van der Waals surface area contributed by atoms with Crippen LogP contribution in [0.5, 0.6) is 0 Å². The molecule has 0 spiro atoms. The smallest absolute Gasteiger partial charge is 0.157 e. The molecule has 3 nitrogen and oxygen atoms in total. The Hall–Kier alpha value is -0.120. The van der Waals surface area contributed by atoms with Crippen molar-refractivity contribution in [2.75, 3.05) is 20.8 Å². The summed E-state index contributed by atoms with van der Waals surface area (Å²) >= 11 is 0. The van der Waals surface area contributed by atoms with E-state index in [2.05, 4.69) is 0 Å². The predicted molar refractivity (Wildman–Crippen MR) is 43.3 cm³/mol. The Bertz CT molecular complexity index is 97.5. The van der Waals surface area contributed by atoms with E-state index >= 15 is 0 Å². The largest absolute Gasteiger partial charge is 0.396 e. The lowest BCUT2D eigenvalue weighted by atomic mass is 9.90. The van der Waals surface area contributed by atoms with Crippen molar-refractivity contribution in [2.24, 2.45) is 5.41 Å². The minimum atomic E-state index is -0.211. The van der Waals surface area contributed by atoms with Crippen LogP contribution in [0.2, 0.25) is 0 Å².